The van der Waals surface area contributed by atoms with Crippen LogP contribution in [-0.2, 0) is 26.1 Å². The van der Waals surface area contributed by atoms with E-state index in [1.165, 1.54) is 23.5 Å². The van der Waals surface area contributed by atoms with Crippen LogP contribution in [0.1, 0.15) is 15.2 Å². The van der Waals surface area contributed by atoms with Gasteiger partial charge in [0.1, 0.15) is 15.5 Å². The zero-order valence-electron chi connectivity index (χ0n) is 14.8. The molecule has 2 aromatic rings. The van der Waals surface area contributed by atoms with Gasteiger partial charge in [0, 0.05) is 30.2 Å². The number of thiophene rings is 1. The van der Waals surface area contributed by atoms with Gasteiger partial charge in [0.15, 0.2) is 6.61 Å². The molecule has 0 atom stereocenters. The Kier molecular flexibility index (Phi) is 6.23. The number of methoxy groups -OCH3 is 1. The van der Waals surface area contributed by atoms with Crippen LogP contribution in [0.5, 0.6) is 5.75 Å². The number of fused-ring (bicyclic) bond motifs is 1. The summed E-state index contributed by atoms with van der Waals surface area (Å²) in [5.74, 6) is -0.414. The molecule has 1 N–H and O–H groups in total. The fraction of sp³-hybridized carbons (Fsp3) is 0.294. The van der Waals surface area contributed by atoms with Crippen LogP contribution in [0.3, 0.4) is 0 Å². The van der Waals surface area contributed by atoms with Gasteiger partial charge in [-0.25, -0.2) is 17.9 Å². The number of esters is 1. The SMILES string of the molecule is COC(=O)c1sccc1S(=O)(=O)NCCN1Cc2cc(Cl)ccc2OCC1=O. The summed E-state index contributed by atoms with van der Waals surface area (Å²) in [7, 11) is -2.74. The quantitative estimate of drug-likeness (QED) is 0.682. The maximum atomic E-state index is 12.5. The van der Waals surface area contributed by atoms with E-state index in [0.29, 0.717) is 10.8 Å². The average Bonchev–Trinajstić information content (AvgIpc) is 3.11. The summed E-state index contributed by atoms with van der Waals surface area (Å²) in [5.41, 5.74) is 0.743. The molecule has 28 heavy (non-hydrogen) atoms. The van der Waals surface area contributed by atoms with Crippen molar-refractivity contribution in [2.45, 2.75) is 11.4 Å². The van der Waals surface area contributed by atoms with E-state index >= 15 is 0 Å². The van der Waals surface area contributed by atoms with E-state index in [2.05, 4.69) is 9.46 Å². The third-order valence-electron chi connectivity index (χ3n) is 4.05. The zero-order chi connectivity index (χ0) is 20.3. The first-order valence-corrected chi connectivity index (χ1v) is 10.9. The lowest BCUT2D eigenvalue weighted by atomic mass is 10.2. The molecule has 1 aliphatic heterocycles. The molecule has 150 valence electrons. The van der Waals surface area contributed by atoms with Gasteiger partial charge in [-0.2, -0.15) is 0 Å². The van der Waals surface area contributed by atoms with Crippen molar-refractivity contribution in [3.8, 4) is 5.75 Å². The number of halogens is 1. The minimum atomic E-state index is -3.93. The second-order valence-corrected chi connectivity index (χ2v) is 8.95. The van der Waals surface area contributed by atoms with Crippen LogP contribution in [0.4, 0.5) is 0 Å². The van der Waals surface area contributed by atoms with E-state index in [1.54, 1.807) is 18.2 Å². The second kappa shape index (κ2) is 8.48. The van der Waals surface area contributed by atoms with Crippen LogP contribution in [0.25, 0.3) is 0 Å². The number of nitrogens with one attached hydrogen (secondary N) is 1. The Labute approximate surface area is 171 Å². The van der Waals surface area contributed by atoms with Crippen molar-refractivity contribution in [3.05, 3.63) is 45.1 Å². The van der Waals surface area contributed by atoms with Crippen molar-refractivity contribution in [1.29, 1.82) is 0 Å². The molecule has 8 nitrogen and oxygen atoms in total. The van der Waals surface area contributed by atoms with Crippen LogP contribution < -0.4 is 9.46 Å². The Bertz CT molecular complexity index is 1000. The molecule has 0 radical (unpaired) electrons. The minimum absolute atomic E-state index is 0.00202. The Hall–Kier alpha value is -2.14. The molecule has 2 heterocycles. The highest BCUT2D eigenvalue weighted by molar-refractivity contribution is 7.89. The van der Waals surface area contributed by atoms with E-state index in [1.807, 2.05) is 0 Å². The van der Waals surface area contributed by atoms with Crippen molar-refractivity contribution >= 4 is 44.8 Å². The van der Waals surface area contributed by atoms with E-state index in [0.717, 1.165) is 16.9 Å². The lowest BCUT2D eigenvalue weighted by Gasteiger charge is -2.20. The summed E-state index contributed by atoms with van der Waals surface area (Å²) in [6, 6.07) is 6.42. The number of ether oxygens (including phenoxy) is 2. The molecule has 0 saturated carbocycles. The summed E-state index contributed by atoms with van der Waals surface area (Å²) in [5, 5.41) is 2.02. The number of sulfonamides is 1. The van der Waals surface area contributed by atoms with Gasteiger partial charge < -0.3 is 14.4 Å². The lowest BCUT2D eigenvalue weighted by molar-refractivity contribution is -0.133. The van der Waals surface area contributed by atoms with Gasteiger partial charge in [0.2, 0.25) is 10.0 Å². The van der Waals surface area contributed by atoms with Crippen LogP contribution in [-0.4, -0.2) is 52.0 Å². The first-order valence-electron chi connectivity index (χ1n) is 8.16. The number of amides is 1. The molecule has 3 rings (SSSR count). The molecule has 0 spiro atoms. The van der Waals surface area contributed by atoms with E-state index in [4.69, 9.17) is 16.3 Å². The number of hydrogen-bond acceptors (Lipinski definition) is 7. The summed E-state index contributed by atoms with van der Waals surface area (Å²) in [4.78, 5) is 25.3. The zero-order valence-corrected chi connectivity index (χ0v) is 17.2. The highest BCUT2D eigenvalue weighted by Gasteiger charge is 2.26. The molecule has 0 saturated heterocycles. The molecular weight excluding hydrogens is 428 g/mol. The van der Waals surface area contributed by atoms with Crippen molar-refractivity contribution in [2.75, 3.05) is 26.8 Å². The van der Waals surface area contributed by atoms with Crippen molar-refractivity contribution in [3.63, 3.8) is 0 Å². The monoisotopic (exact) mass is 444 g/mol. The van der Waals surface area contributed by atoms with Gasteiger partial charge >= 0.3 is 5.97 Å². The topological polar surface area (TPSA) is 102 Å². The molecular formula is C17H17ClN2O6S2. The Morgan fingerprint density at radius 2 is 2.18 bits per heavy atom. The molecule has 1 amide bonds. The standard InChI is InChI=1S/C17H17ClN2O6S2/c1-25-17(22)16-14(4-7-27-16)28(23,24)19-5-6-20-9-11-8-12(18)2-3-13(11)26-10-15(20)21/h2-4,7-8,19H,5-6,9-10H2,1H3. The summed E-state index contributed by atoms with van der Waals surface area (Å²) >= 11 is 6.98. The first kappa shape index (κ1) is 20.6. The summed E-state index contributed by atoms with van der Waals surface area (Å²) in [6.07, 6.45) is 0. The number of rotatable bonds is 6. The van der Waals surface area contributed by atoms with E-state index in [9.17, 15) is 18.0 Å². The molecule has 1 aliphatic rings. The maximum Gasteiger partial charge on any atom is 0.349 e. The molecule has 0 unspecified atom stereocenters. The molecule has 11 heteroatoms. The van der Waals surface area contributed by atoms with E-state index in [-0.39, 0.29) is 41.9 Å². The van der Waals surface area contributed by atoms with Gasteiger partial charge in [-0.15, -0.1) is 11.3 Å². The first-order chi connectivity index (χ1) is 13.3. The van der Waals surface area contributed by atoms with Crippen LogP contribution in [0.2, 0.25) is 5.02 Å². The normalized spacial score (nSPS) is 14.2. The molecule has 0 bridgehead atoms. The van der Waals surface area contributed by atoms with Crippen LogP contribution in [0, 0.1) is 0 Å². The van der Waals surface area contributed by atoms with Gasteiger partial charge in [-0.3, -0.25) is 4.79 Å². The fourth-order valence-electron chi connectivity index (χ4n) is 2.68. The average molecular weight is 445 g/mol. The van der Waals surface area contributed by atoms with Crippen molar-refractivity contribution in [1.82, 2.24) is 9.62 Å². The Morgan fingerprint density at radius 1 is 1.39 bits per heavy atom. The Balaban J connectivity index is 1.68. The predicted octanol–water partition coefficient (Wildman–Crippen LogP) is 1.89. The summed E-state index contributed by atoms with van der Waals surface area (Å²) in [6.45, 7) is 0.215. The number of hydrogen-bond donors (Lipinski definition) is 1. The van der Waals surface area contributed by atoms with Crippen LogP contribution in [0.15, 0.2) is 34.5 Å². The molecule has 0 aliphatic carbocycles. The lowest BCUT2D eigenvalue weighted by Crippen LogP contribution is -2.39. The van der Waals surface area contributed by atoms with Gasteiger partial charge in [0.05, 0.1) is 7.11 Å². The fourth-order valence-corrected chi connectivity index (χ4v) is 5.23. The van der Waals surface area contributed by atoms with Crippen LogP contribution >= 0.6 is 22.9 Å². The summed E-state index contributed by atoms with van der Waals surface area (Å²) < 4.78 is 37.5. The largest absolute Gasteiger partial charge is 0.483 e. The van der Waals surface area contributed by atoms with Crippen molar-refractivity contribution in [2.24, 2.45) is 0 Å². The van der Waals surface area contributed by atoms with Gasteiger partial charge in [0.25, 0.3) is 5.91 Å². The second-order valence-electron chi connectivity index (χ2n) is 5.86. The minimum Gasteiger partial charge on any atom is -0.483 e. The van der Waals surface area contributed by atoms with Crippen molar-refractivity contribution < 1.29 is 27.5 Å². The molecule has 1 aromatic heterocycles. The smallest absolute Gasteiger partial charge is 0.349 e. The van der Waals surface area contributed by atoms with Gasteiger partial charge in [-0.1, -0.05) is 11.6 Å². The Morgan fingerprint density at radius 3 is 2.93 bits per heavy atom. The highest BCUT2D eigenvalue weighted by Crippen LogP contribution is 2.26. The third kappa shape index (κ3) is 4.46. The number of carbonyl (C=O) groups is 2. The number of benzene rings is 1. The molecule has 0 fully saturated rings. The maximum absolute atomic E-state index is 12.5. The van der Waals surface area contributed by atoms with Gasteiger partial charge in [-0.05, 0) is 29.6 Å². The van der Waals surface area contributed by atoms with E-state index < -0.39 is 16.0 Å². The number of nitrogens with zero attached hydrogens (tertiary/aromatic N) is 1. The number of carbonyl (C=O) groups excluding carboxylic acids is 2. The predicted molar refractivity (Wildman–Crippen MR) is 103 cm³/mol. The highest BCUT2D eigenvalue weighted by atomic mass is 35.5. The third-order valence-corrected chi connectivity index (χ3v) is 6.81. The molecule has 1 aromatic carbocycles.